The molecular weight excluding hydrogens is 266 g/mol. The highest BCUT2D eigenvalue weighted by atomic mass is 16.5. The lowest BCUT2D eigenvalue weighted by Crippen LogP contribution is -2.04. The predicted molar refractivity (Wildman–Crippen MR) is 79.5 cm³/mol. The summed E-state index contributed by atoms with van der Waals surface area (Å²) in [5.41, 5.74) is 2.00. The van der Waals surface area contributed by atoms with Gasteiger partial charge in [-0.25, -0.2) is 0 Å². The number of carbonyl (C=O) groups is 1. The topological polar surface area (TPSA) is 57.0 Å². The molecule has 0 N–H and O–H groups in total. The Kier molecular flexibility index (Phi) is 5.94. The lowest BCUT2D eigenvalue weighted by molar-refractivity contribution is -0.145. The first-order valence-corrected chi connectivity index (χ1v) is 7.36. The Morgan fingerprint density at radius 1 is 1.24 bits per heavy atom. The number of aromatic nitrogens is 3. The first-order chi connectivity index (χ1) is 10.3. The van der Waals surface area contributed by atoms with Gasteiger partial charge in [-0.2, -0.15) is 0 Å². The number of carbonyl (C=O) groups excluding carboxylic acids is 1. The summed E-state index contributed by atoms with van der Waals surface area (Å²) in [5, 5.41) is 8.06. The maximum absolute atomic E-state index is 11.6. The molecule has 5 heteroatoms. The van der Waals surface area contributed by atoms with E-state index in [0.29, 0.717) is 13.0 Å². The van der Waals surface area contributed by atoms with E-state index >= 15 is 0 Å². The summed E-state index contributed by atoms with van der Waals surface area (Å²) in [6.45, 7) is 3.21. The molecule has 1 heterocycles. The minimum absolute atomic E-state index is 0.143. The minimum Gasteiger partial charge on any atom is -0.461 e. The fourth-order valence-corrected chi connectivity index (χ4v) is 1.99. The first-order valence-electron chi connectivity index (χ1n) is 7.36. The van der Waals surface area contributed by atoms with Crippen molar-refractivity contribution in [3.05, 3.63) is 47.8 Å². The second-order valence-electron chi connectivity index (χ2n) is 4.92. The van der Waals surface area contributed by atoms with Crippen LogP contribution >= 0.6 is 0 Å². The van der Waals surface area contributed by atoms with E-state index in [-0.39, 0.29) is 5.97 Å². The fraction of sp³-hybridized carbons (Fsp3) is 0.438. The van der Waals surface area contributed by atoms with Crippen molar-refractivity contribution in [2.75, 3.05) is 0 Å². The summed E-state index contributed by atoms with van der Waals surface area (Å²) >= 11 is 0. The van der Waals surface area contributed by atoms with E-state index in [9.17, 15) is 4.79 Å². The van der Waals surface area contributed by atoms with Crippen LogP contribution in [-0.4, -0.2) is 21.0 Å². The monoisotopic (exact) mass is 287 g/mol. The number of hydrogen-bond acceptors (Lipinski definition) is 4. The van der Waals surface area contributed by atoms with E-state index in [4.69, 9.17) is 4.74 Å². The van der Waals surface area contributed by atoms with Crippen LogP contribution < -0.4 is 0 Å². The van der Waals surface area contributed by atoms with Gasteiger partial charge in [0, 0.05) is 19.2 Å². The van der Waals surface area contributed by atoms with E-state index in [2.05, 4.69) is 10.3 Å². The molecule has 0 radical (unpaired) electrons. The molecule has 0 saturated heterocycles. The average molecular weight is 287 g/mol. The number of benzene rings is 1. The highest BCUT2D eigenvalue weighted by Gasteiger charge is 2.04. The van der Waals surface area contributed by atoms with Crippen molar-refractivity contribution < 1.29 is 9.53 Å². The molecule has 0 aliphatic rings. The van der Waals surface area contributed by atoms with Crippen LogP contribution in [0, 0.1) is 0 Å². The minimum atomic E-state index is -0.143. The molecule has 0 saturated carbocycles. The summed E-state index contributed by atoms with van der Waals surface area (Å²) in [6, 6.07) is 9.72. The average Bonchev–Trinajstić information content (AvgIpc) is 2.98. The van der Waals surface area contributed by atoms with Gasteiger partial charge in [0.25, 0.3) is 0 Å². The molecule has 0 fully saturated rings. The van der Waals surface area contributed by atoms with Crippen LogP contribution in [-0.2, 0) is 29.1 Å². The molecule has 1 aromatic heterocycles. The summed E-state index contributed by atoms with van der Waals surface area (Å²) in [6.07, 6.45) is 4.99. The smallest absolute Gasteiger partial charge is 0.306 e. The second kappa shape index (κ2) is 8.19. The van der Waals surface area contributed by atoms with Gasteiger partial charge in [0.15, 0.2) is 0 Å². The molecule has 1 aromatic carbocycles. The van der Waals surface area contributed by atoms with Crippen molar-refractivity contribution >= 4 is 5.97 Å². The van der Waals surface area contributed by atoms with Crippen LogP contribution in [0.3, 0.4) is 0 Å². The maximum atomic E-state index is 11.6. The number of esters is 1. The van der Waals surface area contributed by atoms with Crippen molar-refractivity contribution in [1.82, 2.24) is 15.0 Å². The molecule has 0 aliphatic carbocycles. The third-order valence-electron chi connectivity index (χ3n) is 3.22. The van der Waals surface area contributed by atoms with Crippen molar-refractivity contribution in [2.45, 2.75) is 45.8 Å². The number of hydrogen-bond donors (Lipinski definition) is 0. The van der Waals surface area contributed by atoms with Crippen LogP contribution in [0.4, 0.5) is 0 Å². The van der Waals surface area contributed by atoms with Gasteiger partial charge in [0.2, 0.25) is 0 Å². The van der Waals surface area contributed by atoms with Gasteiger partial charge < -0.3 is 4.74 Å². The Balaban J connectivity index is 1.59. The Bertz CT molecular complexity index is 552. The highest BCUT2D eigenvalue weighted by molar-refractivity contribution is 5.69. The third kappa shape index (κ3) is 5.38. The van der Waals surface area contributed by atoms with Gasteiger partial charge in [-0.15, -0.1) is 5.10 Å². The SMILES string of the molecule is CCn1cc(CCCCC(=O)OCc2ccccc2)nn1. The van der Waals surface area contributed by atoms with Gasteiger partial charge >= 0.3 is 5.97 Å². The third-order valence-corrected chi connectivity index (χ3v) is 3.22. The summed E-state index contributed by atoms with van der Waals surface area (Å²) < 4.78 is 7.04. The first kappa shape index (κ1) is 15.2. The largest absolute Gasteiger partial charge is 0.461 e. The Morgan fingerprint density at radius 3 is 2.76 bits per heavy atom. The van der Waals surface area contributed by atoms with E-state index in [1.165, 1.54) is 0 Å². The quantitative estimate of drug-likeness (QED) is 0.553. The van der Waals surface area contributed by atoms with Crippen LogP contribution in [0.5, 0.6) is 0 Å². The van der Waals surface area contributed by atoms with Crippen molar-refractivity contribution in [2.24, 2.45) is 0 Å². The predicted octanol–water partition coefficient (Wildman–Crippen LogP) is 2.75. The van der Waals surface area contributed by atoms with Gasteiger partial charge in [-0.05, 0) is 31.7 Å². The molecule has 0 atom stereocenters. The van der Waals surface area contributed by atoms with Crippen molar-refractivity contribution in [3.63, 3.8) is 0 Å². The molecular formula is C16H21N3O2. The second-order valence-corrected chi connectivity index (χ2v) is 4.92. The molecule has 112 valence electrons. The van der Waals surface area contributed by atoms with Gasteiger partial charge in [0.05, 0.1) is 5.69 Å². The Labute approximate surface area is 124 Å². The zero-order valence-corrected chi connectivity index (χ0v) is 12.4. The van der Waals surface area contributed by atoms with Gasteiger partial charge in [0.1, 0.15) is 6.61 Å². The molecule has 21 heavy (non-hydrogen) atoms. The molecule has 2 rings (SSSR count). The molecule has 5 nitrogen and oxygen atoms in total. The number of ether oxygens (including phenoxy) is 1. The Morgan fingerprint density at radius 2 is 2.05 bits per heavy atom. The summed E-state index contributed by atoms with van der Waals surface area (Å²) in [4.78, 5) is 11.6. The maximum Gasteiger partial charge on any atom is 0.306 e. The zero-order valence-electron chi connectivity index (χ0n) is 12.4. The number of rotatable bonds is 8. The molecule has 0 bridgehead atoms. The van der Waals surface area contributed by atoms with E-state index < -0.39 is 0 Å². The van der Waals surface area contributed by atoms with Gasteiger partial charge in [-0.3, -0.25) is 9.48 Å². The molecule has 0 unspecified atom stereocenters. The van der Waals surface area contributed by atoms with Crippen LogP contribution in [0.25, 0.3) is 0 Å². The fourth-order valence-electron chi connectivity index (χ4n) is 1.99. The zero-order chi connectivity index (χ0) is 14.9. The lowest BCUT2D eigenvalue weighted by atomic mass is 10.1. The summed E-state index contributed by atoms with van der Waals surface area (Å²) in [5.74, 6) is -0.143. The standard InChI is InChI=1S/C16H21N3O2/c1-2-19-12-15(17-18-19)10-6-7-11-16(20)21-13-14-8-4-3-5-9-14/h3-5,8-9,12H,2,6-7,10-11,13H2,1H3. The number of unbranched alkanes of at least 4 members (excludes halogenated alkanes) is 1. The molecule has 0 spiro atoms. The Hall–Kier alpha value is -2.17. The van der Waals surface area contributed by atoms with E-state index in [1.54, 1.807) is 0 Å². The number of aryl methyl sites for hydroxylation is 2. The molecule has 0 amide bonds. The van der Waals surface area contributed by atoms with E-state index in [0.717, 1.165) is 37.1 Å². The molecule has 2 aromatic rings. The van der Waals surface area contributed by atoms with Crippen LogP contribution in [0.1, 0.15) is 37.4 Å². The van der Waals surface area contributed by atoms with Crippen LogP contribution in [0.15, 0.2) is 36.5 Å². The van der Waals surface area contributed by atoms with Gasteiger partial charge in [-0.1, -0.05) is 35.5 Å². The van der Waals surface area contributed by atoms with Crippen molar-refractivity contribution in [1.29, 1.82) is 0 Å². The van der Waals surface area contributed by atoms with Crippen LogP contribution in [0.2, 0.25) is 0 Å². The normalized spacial score (nSPS) is 10.5. The summed E-state index contributed by atoms with van der Waals surface area (Å²) in [7, 11) is 0. The van der Waals surface area contributed by atoms with Crippen molar-refractivity contribution in [3.8, 4) is 0 Å². The number of nitrogens with zero attached hydrogens (tertiary/aromatic N) is 3. The molecule has 0 aliphatic heterocycles. The lowest BCUT2D eigenvalue weighted by Gasteiger charge is -2.04. The van der Waals surface area contributed by atoms with E-state index in [1.807, 2.05) is 48.1 Å². The highest BCUT2D eigenvalue weighted by Crippen LogP contribution is 2.06.